The molecular formula is C47H29N3O. The lowest BCUT2D eigenvalue weighted by Crippen LogP contribution is -2.01. The lowest BCUT2D eigenvalue weighted by atomic mass is 9.96. The van der Waals surface area contributed by atoms with Gasteiger partial charge in [0.1, 0.15) is 11.2 Å². The number of nitrogens with zero attached hydrogens (tertiary/aromatic N) is 3. The molecule has 2 aromatic heterocycles. The summed E-state index contributed by atoms with van der Waals surface area (Å²) < 4.78 is 6.53. The van der Waals surface area contributed by atoms with Gasteiger partial charge in [-0.15, -0.1) is 0 Å². The van der Waals surface area contributed by atoms with Crippen LogP contribution in [0.2, 0.25) is 0 Å². The Balaban J connectivity index is 1.23. The molecule has 0 aliphatic heterocycles. The first kappa shape index (κ1) is 29.0. The fraction of sp³-hybridized carbons (Fsp3) is 0. The zero-order valence-corrected chi connectivity index (χ0v) is 27.5. The molecule has 4 heteroatoms. The first-order chi connectivity index (χ1) is 25.2. The number of furan rings is 1. The van der Waals surface area contributed by atoms with Gasteiger partial charge in [-0.2, -0.15) is 0 Å². The first-order valence-corrected chi connectivity index (χ1v) is 17.1. The fourth-order valence-corrected chi connectivity index (χ4v) is 7.18. The summed E-state index contributed by atoms with van der Waals surface area (Å²) in [4.78, 5) is 15.7. The van der Waals surface area contributed by atoms with Crippen molar-refractivity contribution < 1.29 is 4.42 Å². The zero-order chi connectivity index (χ0) is 33.7. The van der Waals surface area contributed by atoms with Gasteiger partial charge in [0.25, 0.3) is 0 Å². The van der Waals surface area contributed by atoms with Crippen molar-refractivity contribution in [3.63, 3.8) is 0 Å². The predicted octanol–water partition coefficient (Wildman–Crippen LogP) is 12.4. The molecule has 0 aliphatic carbocycles. The summed E-state index contributed by atoms with van der Waals surface area (Å²) in [7, 11) is 0. The molecule has 0 spiro atoms. The second-order valence-corrected chi connectivity index (χ2v) is 12.8. The smallest absolute Gasteiger partial charge is 0.164 e. The van der Waals surface area contributed by atoms with E-state index in [0.717, 1.165) is 65.9 Å². The van der Waals surface area contributed by atoms with E-state index < -0.39 is 0 Å². The van der Waals surface area contributed by atoms with Gasteiger partial charge in [0.05, 0.1) is 0 Å². The maximum Gasteiger partial charge on any atom is 0.164 e. The molecule has 0 atom stereocenters. The maximum absolute atomic E-state index is 6.53. The van der Waals surface area contributed by atoms with Crippen LogP contribution in [0.5, 0.6) is 0 Å². The molecule has 0 N–H and O–H groups in total. The molecule has 238 valence electrons. The molecule has 0 bridgehead atoms. The van der Waals surface area contributed by atoms with Gasteiger partial charge < -0.3 is 4.42 Å². The molecule has 0 radical (unpaired) electrons. The second-order valence-electron chi connectivity index (χ2n) is 12.8. The third-order valence-corrected chi connectivity index (χ3v) is 9.72. The molecule has 0 amide bonds. The van der Waals surface area contributed by atoms with Gasteiger partial charge in [-0.05, 0) is 68.1 Å². The monoisotopic (exact) mass is 651 g/mol. The molecular weight excluding hydrogens is 623 g/mol. The highest BCUT2D eigenvalue weighted by atomic mass is 16.3. The van der Waals surface area contributed by atoms with Crippen molar-refractivity contribution in [3.05, 3.63) is 176 Å². The molecule has 4 nitrogen and oxygen atoms in total. The molecule has 0 fully saturated rings. The lowest BCUT2D eigenvalue weighted by molar-refractivity contribution is 0.669. The number of hydrogen-bond acceptors (Lipinski definition) is 4. The number of rotatable bonds is 5. The third kappa shape index (κ3) is 5.13. The minimum Gasteiger partial charge on any atom is -0.456 e. The Bertz CT molecular complexity index is 2900. The van der Waals surface area contributed by atoms with Crippen LogP contribution in [0.3, 0.4) is 0 Å². The largest absolute Gasteiger partial charge is 0.456 e. The Morgan fingerprint density at radius 3 is 1.73 bits per heavy atom. The number of hydrogen-bond donors (Lipinski definition) is 0. The van der Waals surface area contributed by atoms with Crippen molar-refractivity contribution in [2.45, 2.75) is 0 Å². The van der Waals surface area contributed by atoms with Crippen LogP contribution in [0.25, 0.3) is 99.9 Å². The summed E-state index contributed by atoms with van der Waals surface area (Å²) >= 11 is 0. The van der Waals surface area contributed by atoms with Crippen molar-refractivity contribution in [3.8, 4) is 56.4 Å². The van der Waals surface area contributed by atoms with Gasteiger partial charge >= 0.3 is 0 Å². The normalized spacial score (nSPS) is 11.5. The standard InChI is InChI=1S/C47H29N3O/c1-2-11-30(12-3-1)32-21-23-33(24-22-32)37-28-41(44-40-18-8-9-20-42(40)51-43(44)29-37)47-49-45(36-26-25-31-13-4-5-15-35(31)27-36)48-46(50-47)39-19-10-16-34-14-6-7-17-38(34)39/h1-29H. The van der Waals surface area contributed by atoms with Gasteiger partial charge in [-0.25, -0.2) is 15.0 Å². The SMILES string of the molecule is c1ccc(-c2ccc(-c3cc(-c4nc(-c5ccc6ccccc6c5)nc(-c5cccc6ccccc56)n4)c4c(c3)oc3ccccc34)cc2)cc1. The summed E-state index contributed by atoms with van der Waals surface area (Å²) in [6, 6.07) is 61.1. The average Bonchev–Trinajstić information content (AvgIpc) is 3.59. The van der Waals surface area contributed by atoms with E-state index in [1.807, 2.05) is 24.3 Å². The van der Waals surface area contributed by atoms with E-state index in [4.69, 9.17) is 19.4 Å². The number of aromatic nitrogens is 3. The molecule has 8 aromatic carbocycles. The summed E-state index contributed by atoms with van der Waals surface area (Å²) in [5.41, 5.74) is 8.85. The van der Waals surface area contributed by atoms with E-state index in [1.165, 1.54) is 16.5 Å². The van der Waals surface area contributed by atoms with Crippen LogP contribution in [0, 0.1) is 0 Å². The minimum absolute atomic E-state index is 0.593. The zero-order valence-electron chi connectivity index (χ0n) is 27.5. The predicted molar refractivity (Wildman–Crippen MR) is 209 cm³/mol. The summed E-state index contributed by atoms with van der Waals surface area (Å²) in [5, 5.41) is 6.53. The van der Waals surface area contributed by atoms with Crippen LogP contribution in [-0.2, 0) is 0 Å². The Labute approximate surface area is 294 Å². The molecule has 0 aliphatic rings. The molecule has 10 aromatic rings. The molecule has 0 saturated carbocycles. The van der Waals surface area contributed by atoms with Crippen LogP contribution in [0.4, 0.5) is 0 Å². The van der Waals surface area contributed by atoms with Crippen molar-refractivity contribution in [2.75, 3.05) is 0 Å². The van der Waals surface area contributed by atoms with Crippen molar-refractivity contribution in [1.82, 2.24) is 15.0 Å². The molecule has 0 saturated heterocycles. The fourth-order valence-electron chi connectivity index (χ4n) is 7.18. The van der Waals surface area contributed by atoms with Crippen LogP contribution >= 0.6 is 0 Å². The Morgan fingerprint density at radius 1 is 0.314 bits per heavy atom. The quantitative estimate of drug-likeness (QED) is 0.186. The highest BCUT2D eigenvalue weighted by Gasteiger charge is 2.20. The Morgan fingerprint density at radius 2 is 0.902 bits per heavy atom. The summed E-state index contributed by atoms with van der Waals surface area (Å²) in [5.74, 6) is 1.83. The minimum atomic E-state index is 0.593. The highest BCUT2D eigenvalue weighted by Crippen LogP contribution is 2.40. The van der Waals surface area contributed by atoms with E-state index >= 15 is 0 Å². The topological polar surface area (TPSA) is 51.8 Å². The van der Waals surface area contributed by atoms with Gasteiger partial charge in [0.15, 0.2) is 17.5 Å². The third-order valence-electron chi connectivity index (χ3n) is 9.72. The average molecular weight is 652 g/mol. The van der Waals surface area contributed by atoms with Crippen LogP contribution < -0.4 is 0 Å². The first-order valence-electron chi connectivity index (χ1n) is 17.1. The van der Waals surface area contributed by atoms with E-state index in [-0.39, 0.29) is 0 Å². The lowest BCUT2D eigenvalue weighted by Gasteiger charge is -2.13. The van der Waals surface area contributed by atoms with Gasteiger partial charge in [-0.1, -0.05) is 152 Å². The van der Waals surface area contributed by atoms with Gasteiger partial charge in [0, 0.05) is 27.5 Å². The molecule has 2 heterocycles. The van der Waals surface area contributed by atoms with Crippen LogP contribution in [0.1, 0.15) is 0 Å². The highest BCUT2D eigenvalue weighted by molar-refractivity contribution is 6.13. The molecule has 0 unspecified atom stereocenters. The summed E-state index contributed by atoms with van der Waals surface area (Å²) in [6.07, 6.45) is 0. The van der Waals surface area contributed by atoms with Crippen LogP contribution in [-0.4, -0.2) is 15.0 Å². The number of benzene rings is 8. The van der Waals surface area contributed by atoms with E-state index in [2.05, 4.69) is 152 Å². The number of fused-ring (bicyclic) bond motifs is 5. The number of para-hydroxylation sites is 1. The summed E-state index contributed by atoms with van der Waals surface area (Å²) in [6.45, 7) is 0. The molecule has 51 heavy (non-hydrogen) atoms. The van der Waals surface area contributed by atoms with Crippen LogP contribution in [0.15, 0.2) is 180 Å². The molecule has 10 rings (SSSR count). The maximum atomic E-state index is 6.53. The van der Waals surface area contributed by atoms with Crippen molar-refractivity contribution in [2.24, 2.45) is 0 Å². The van der Waals surface area contributed by atoms with E-state index in [1.54, 1.807) is 0 Å². The van der Waals surface area contributed by atoms with E-state index in [0.29, 0.717) is 17.5 Å². The Kier molecular flexibility index (Phi) is 6.78. The van der Waals surface area contributed by atoms with E-state index in [9.17, 15) is 0 Å². The van der Waals surface area contributed by atoms with Gasteiger partial charge in [-0.3, -0.25) is 0 Å². The second kappa shape index (κ2) is 11.9. The van der Waals surface area contributed by atoms with Crippen molar-refractivity contribution in [1.29, 1.82) is 0 Å². The van der Waals surface area contributed by atoms with Crippen molar-refractivity contribution >= 4 is 43.5 Å². The van der Waals surface area contributed by atoms with Gasteiger partial charge in [0.2, 0.25) is 0 Å². The Hall–Kier alpha value is -6.91.